The van der Waals surface area contributed by atoms with Crippen LogP contribution in [0.2, 0.25) is 5.02 Å². The maximum atomic E-state index is 12.6. The van der Waals surface area contributed by atoms with Gasteiger partial charge in [-0.3, -0.25) is 4.79 Å². The SMILES string of the molecule is CC(C)NC(=O)Cn1c(-c2cccc(Cl)c2)cc2cc(OCCCN3CCC4(CC3)COC4)ccc21. The second kappa shape index (κ2) is 10.8. The highest BCUT2D eigenvalue weighted by Crippen LogP contribution is 2.38. The number of amides is 1. The number of nitrogens with zero attached hydrogens (tertiary/aromatic N) is 2. The standard InChI is InChI=1S/C29H36ClN3O3/c1-21(2)31-28(34)18-33-26-8-7-25(16-23(26)17-27(33)22-5-3-6-24(30)15-22)36-14-4-11-32-12-9-29(10-13-32)19-35-20-29/h3,5-8,15-17,21H,4,9-14,18-20H2,1-2H3,(H,31,34). The Hall–Kier alpha value is -2.54. The molecule has 1 amide bonds. The van der Waals surface area contributed by atoms with Gasteiger partial charge < -0.3 is 24.3 Å². The number of fused-ring (bicyclic) bond motifs is 1. The van der Waals surface area contributed by atoms with Crippen molar-refractivity contribution in [3.05, 3.63) is 53.6 Å². The van der Waals surface area contributed by atoms with E-state index in [-0.39, 0.29) is 18.5 Å². The third kappa shape index (κ3) is 5.72. The van der Waals surface area contributed by atoms with Crippen molar-refractivity contribution in [1.29, 1.82) is 0 Å². The Kier molecular flexibility index (Phi) is 7.56. The number of nitrogens with one attached hydrogen (secondary N) is 1. The first-order chi connectivity index (χ1) is 17.4. The van der Waals surface area contributed by atoms with Gasteiger partial charge in [-0.25, -0.2) is 0 Å². The molecule has 0 saturated carbocycles. The molecule has 2 aliphatic heterocycles. The normalized spacial score (nSPS) is 17.4. The van der Waals surface area contributed by atoms with E-state index >= 15 is 0 Å². The van der Waals surface area contributed by atoms with Gasteiger partial charge >= 0.3 is 0 Å². The van der Waals surface area contributed by atoms with E-state index in [1.54, 1.807) is 0 Å². The van der Waals surface area contributed by atoms with Gasteiger partial charge in [0, 0.05) is 39.6 Å². The molecular formula is C29H36ClN3O3. The molecule has 3 aromatic rings. The van der Waals surface area contributed by atoms with Crippen molar-refractivity contribution < 1.29 is 14.3 Å². The topological polar surface area (TPSA) is 55.7 Å². The summed E-state index contributed by atoms with van der Waals surface area (Å²) in [6.07, 6.45) is 3.52. The number of likely N-dealkylation sites (tertiary alicyclic amines) is 1. The van der Waals surface area contributed by atoms with Crippen molar-refractivity contribution in [2.45, 2.75) is 45.7 Å². The van der Waals surface area contributed by atoms with Gasteiger partial charge in [0.05, 0.1) is 19.8 Å². The first-order valence-corrected chi connectivity index (χ1v) is 13.4. The van der Waals surface area contributed by atoms with Crippen LogP contribution >= 0.6 is 11.6 Å². The lowest BCUT2D eigenvalue weighted by atomic mass is 9.77. The number of hydrogen-bond acceptors (Lipinski definition) is 4. The van der Waals surface area contributed by atoms with E-state index in [1.807, 2.05) is 50.2 Å². The van der Waals surface area contributed by atoms with Crippen molar-refractivity contribution >= 4 is 28.4 Å². The predicted octanol–water partition coefficient (Wildman–Crippen LogP) is 5.37. The molecule has 0 aliphatic carbocycles. The first kappa shape index (κ1) is 25.1. The highest BCUT2D eigenvalue weighted by Gasteiger charge is 2.40. The number of carbonyl (C=O) groups excluding carboxylic acids is 1. The van der Waals surface area contributed by atoms with Crippen molar-refractivity contribution in [3.8, 4) is 17.0 Å². The van der Waals surface area contributed by atoms with Crippen LogP contribution in [0.3, 0.4) is 0 Å². The largest absolute Gasteiger partial charge is 0.494 e. The Morgan fingerprint density at radius 1 is 1.14 bits per heavy atom. The van der Waals surface area contributed by atoms with E-state index in [4.69, 9.17) is 21.1 Å². The van der Waals surface area contributed by atoms with Gasteiger partial charge in [-0.2, -0.15) is 0 Å². The van der Waals surface area contributed by atoms with Gasteiger partial charge in [0.2, 0.25) is 5.91 Å². The van der Waals surface area contributed by atoms with Crippen molar-refractivity contribution in [3.63, 3.8) is 0 Å². The molecule has 2 aromatic carbocycles. The molecule has 0 bridgehead atoms. The quantitative estimate of drug-likeness (QED) is 0.394. The highest BCUT2D eigenvalue weighted by molar-refractivity contribution is 6.30. The molecule has 2 fully saturated rings. The molecular weight excluding hydrogens is 474 g/mol. The number of hydrogen-bond donors (Lipinski definition) is 1. The molecule has 192 valence electrons. The minimum Gasteiger partial charge on any atom is -0.494 e. The second-order valence-electron chi connectivity index (χ2n) is 10.6. The predicted molar refractivity (Wildman–Crippen MR) is 145 cm³/mol. The Bertz CT molecular complexity index is 1210. The molecule has 1 N–H and O–H groups in total. The van der Waals surface area contributed by atoms with E-state index in [1.165, 1.54) is 25.9 Å². The van der Waals surface area contributed by atoms with Crippen LogP contribution in [0.15, 0.2) is 48.5 Å². The zero-order valence-electron chi connectivity index (χ0n) is 21.3. The van der Waals surface area contributed by atoms with Crippen LogP contribution in [-0.4, -0.2) is 60.9 Å². The summed E-state index contributed by atoms with van der Waals surface area (Å²) in [5.41, 5.74) is 3.43. The highest BCUT2D eigenvalue weighted by atomic mass is 35.5. The van der Waals surface area contributed by atoms with Crippen LogP contribution in [0.5, 0.6) is 5.75 Å². The Morgan fingerprint density at radius 3 is 2.64 bits per heavy atom. The summed E-state index contributed by atoms with van der Waals surface area (Å²) in [6, 6.07) is 16.1. The second-order valence-corrected chi connectivity index (χ2v) is 11.0. The fraction of sp³-hybridized carbons (Fsp3) is 0.483. The van der Waals surface area contributed by atoms with Crippen molar-refractivity contribution in [1.82, 2.24) is 14.8 Å². The number of benzene rings is 2. The van der Waals surface area contributed by atoms with Gasteiger partial charge in [0.15, 0.2) is 0 Å². The van der Waals surface area contributed by atoms with Crippen LogP contribution in [-0.2, 0) is 16.1 Å². The molecule has 1 aromatic heterocycles. The monoisotopic (exact) mass is 509 g/mol. The fourth-order valence-electron chi connectivity index (χ4n) is 5.32. The third-order valence-electron chi connectivity index (χ3n) is 7.37. The lowest BCUT2D eigenvalue weighted by molar-refractivity contribution is -0.139. The molecule has 7 heteroatoms. The van der Waals surface area contributed by atoms with E-state index < -0.39 is 0 Å². The minimum atomic E-state index is -0.0143. The Balaban J connectivity index is 1.26. The number of ether oxygens (including phenoxy) is 2. The van der Waals surface area contributed by atoms with Crippen LogP contribution < -0.4 is 10.1 Å². The molecule has 0 atom stereocenters. The molecule has 3 heterocycles. The Labute approximate surface area is 218 Å². The lowest BCUT2D eigenvalue weighted by Crippen LogP contribution is -2.51. The average molecular weight is 510 g/mol. The first-order valence-electron chi connectivity index (χ1n) is 13.0. The number of aromatic nitrogens is 1. The van der Waals surface area contributed by atoms with E-state index in [0.717, 1.165) is 54.1 Å². The fourth-order valence-corrected chi connectivity index (χ4v) is 5.51. The molecule has 5 rings (SSSR count). The molecule has 1 spiro atoms. The smallest absolute Gasteiger partial charge is 0.240 e. The molecule has 36 heavy (non-hydrogen) atoms. The average Bonchev–Trinajstić information content (AvgIpc) is 3.18. The maximum Gasteiger partial charge on any atom is 0.240 e. The molecule has 0 unspecified atom stereocenters. The summed E-state index contributed by atoms with van der Waals surface area (Å²) in [6.45, 7) is 10.2. The maximum absolute atomic E-state index is 12.6. The van der Waals surface area contributed by atoms with Gasteiger partial charge in [-0.1, -0.05) is 23.7 Å². The van der Waals surface area contributed by atoms with Crippen LogP contribution in [0, 0.1) is 5.41 Å². The van der Waals surface area contributed by atoms with Crippen LogP contribution in [0.25, 0.3) is 22.2 Å². The summed E-state index contributed by atoms with van der Waals surface area (Å²) in [7, 11) is 0. The Morgan fingerprint density at radius 2 is 1.94 bits per heavy atom. The molecule has 0 radical (unpaired) electrons. The van der Waals surface area contributed by atoms with Crippen LogP contribution in [0.1, 0.15) is 33.1 Å². The summed E-state index contributed by atoms with van der Waals surface area (Å²) in [5, 5.41) is 4.72. The van der Waals surface area contributed by atoms with E-state index in [2.05, 4.69) is 26.9 Å². The zero-order chi connectivity index (χ0) is 25.1. The zero-order valence-corrected chi connectivity index (χ0v) is 22.0. The molecule has 2 aliphatic rings. The van der Waals surface area contributed by atoms with E-state index in [9.17, 15) is 4.79 Å². The molecule has 6 nitrogen and oxygen atoms in total. The number of rotatable bonds is 9. The van der Waals surface area contributed by atoms with E-state index in [0.29, 0.717) is 17.0 Å². The van der Waals surface area contributed by atoms with Gasteiger partial charge in [0.1, 0.15) is 12.3 Å². The summed E-state index contributed by atoms with van der Waals surface area (Å²) >= 11 is 6.28. The van der Waals surface area contributed by atoms with Gasteiger partial charge in [-0.05, 0) is 88.2 Å². The number of carbonyl (C=O) groups is 1. The third-order valence-corrected chi connectivity index (χ3v) is 7.60. The van der Waals surface area contributed by atoms with Crippen molar-refractivity contribution in [2.75, 3.05) is 39.5 Å². The van der Waals surface area contributed by atoms with Crippen molar-refractivity contribution in [2.24, 2.45) is 5.41 Å². The number of halogens is 1. The minimum absolute atomic E-state index is 0.0143. The molecule has 2 saturated heterocycles. The van der Waals surface area contributed by atoms with Crippen LogP contribution in [0.4, 0.5) is 0 Å². The van der Waals surface area contributed by atoms with Gasteiger partial charge in [0.25, 0.3) is 0 Å². The summed E-state index contributed by atoms with van der Waals surface area (Å²) in [4.78, 5) is 15.2. The lowest BCUT2D eigenvalue weighted by Gasteiger charge is -2.47. The van der Waals surface area contributed by atoms with Gasteiger partial charge in [-0.15, -0.1) is 0 Å². The number of piperidine rings is 1. The summed E-state index contributed by atoms with van der Waals surface area (Å²) < 4.78 is 13.6. The summed E-state index contributed by atoms with van der Waals surface area (Å²) in [5.74, 6) is 0.840.